The van der Waals surface area contributed by atoms with Crippen LogP contribution in [0.5, 0.6) is 0 Å². The molecule has 1 aromatic carbocycles. The van der Waals surface area contributed by atoms with Crippen molar-refractivity contribution in [3.05, 3.63) is 53.9 Å². The monoisotopic (exact) mass is 194 g/mol. The molecule has 0 atom stereocenters. The van der Waals surface area contributed by atoms with Crippen molar-refractivity contribution in [2.24, 2.45) is 0 Å². The zero-order chi connectivity index (χ0) is 10.4. The summed E-state index contributed by atoms with van der Waals surface area (Å²) in [6.07, 6.45) is 3.64. The van der Waals surface area contributed by atoms with Crippen molar-refractivity contribution in [3.63, 3.8) is 0 Å². The third-order valence-corrected chi connectivity index (χ3v) is 1.52. The van der Waals surface area contributed by atoms with Gasteiger partial charge in [0.25, 0.3) is 0 Å². The second-order valence-corrected chi connectivity index (χ2v) is 2.56. The van der Waals surface area contributed by atoms with E-state index in [0.29, 0.717) is 0 Å². The van der Waals surface area contributed by atoms with Crippen LogP contribution in [-0.2, 0) is 4.79 Å². The van der Waals surface area contributed by atoms with Crippen LogP contribution in [0.25, 0.3) is 6.08 Å². The molecule has 0 N–H and O–H groups in total. The first-order valence-corrected chi connectivity index (χ1v) is 3.99. The topological polar surface area (TPSA) is 17.1 Å². The summed E-state index contributed by atoms with van der Waals surface area (Å²) in [5.41, 5.74) is 0.850. The summed E-state index contributed by atoms with van der Waals surface area (Å²) in [5, 5.41) is 0. The van der Waals surface area contributed by atoms with Crippen LogP contribution in [0.2, 0.25) is 0 Å². The number of halogens is 2. The second kappa shape index (κ2) is 5.07. The van der Waals surface area contributed by atoms with E-state index in [0.717, 1.165) is 11.6 Å². The molecule has 0 aliphatic carbocycles. The van der Waals surface area contributed by atoms with Gasteiger partial charge < -0.3 is 0 Å². The Bertz CT molecular complexity index is 366. The highest BCUT2D eigenvalue weighted by Crippen LogP contribution is 2.03. The van der Waals surface area contributed by atoms with E-state index < -0.39 is 11.9 Å². The molecule has 14 heavy (non-hydrogen) atoms. The number of hydrogen-bond acceptors (Lipinski definition) is 1. The second-order valence-electron chi connectivity index (χ2n) is 2.56. The quantitative estimate of drug-likeness (QED) is 0.410. The third-order valence-electron chi connectivity index (χ3n) is 1.52. The molecule has 0 radical (unpaired) electrons. The largest absolute Gasteiger partial charge is 0.360 e. The minimum Gasteiger partial charge on any atom is -0.253 e. The van der Waals surface area contributed by atoms with Gasteiger partial charge in [-0.05, 0) is 11.6 Å². The van der Waals surface area contributed by atoms with E-state index in [1.54, 1.807) is 18.2 Å². The molecule has 1 aromatic rings. The lowest BCUT2D eigenvalue weighted by molar-refractivity contribution is -0.126. The molecule has 1 nitrogen and oxygen atoms in total. The van der Waals surface area contributed by atoms with Gasteiger partial charge in [-0.2, -0.15) is 8.78 Å². The van der Waals surface area contributed by atoms with Crippen LogP contribution in [-0.4, -0.2) is 6.04 Å². The molecule has 1 rings (SSSR count). The molecule has 0 heterocycles. The molecule has 0 saturated carbocycles. The lowest BCUT2D eigenvalue weighted by Gasteiger charge is -1.88. The van der Waals surface area contributed by atoms with E-state index in [4.69, 9.17) is 0 Å². The third kappa shape index (κ3) is 3.31. The summed E-state index contributed by atoms with van der Waals surface area (Å²) in [4.78, 5) is 9.84. The Kier molecular flexibility index (Phi) is 3.73. The highest BCUT2D eigenvalue weighted by atomic mass is 19.2. The molecule has 0 amide bonds. The normalized spacial score (nSPS) is 12.0. The molecule has 0 aromatic heterocycles. The minimum atomic E-state index is -2.05. The van der Waals surface area contributed by atoms with Gasteiger partial charge in [-0.3, -0.25) is 4.79 Å². The van der Waals surface area contributed by atoms with Gasteiger partial charge >= 0.3 is 6.04 Å². The average molecular weight is 194 g/mol. The van der Waals surface area contributed by atoms with Crippen LogP contribution in [0.4, 0.5) is 8.78 Å². The van der Waals surface area contributed by atoms with Crippen molar-refractivity contribution in [3.8, 4) is 0 Å². The Hall–Kier alpha value is -1.77. The molecular formula is C11H8F2O. The standard InChI is InChI=1S/C11H8F2O/c12-10(11(13)14)8-4-7-9-5-2-1-3-6-9/h1-8H/b7-4+,10-8+. The Balaban J connectivity index is 2.66. The van der Waals surface area contributed by atoms with Crippen LogP contribution in [0.1, 0.15) is 5.56 Å². The van der Waals surface area contributed by atoms with Crippen LogP contribution in [0, 0.1) is 0 Å². The van der Waals surface area contributed by atoms with Gasteiger partial charge in [-0.25, -0.2) is 0 Å². The fourth-order valence-corrected chi connectivity index (χ4v) is 0.873. The first-order chi connectivity index (χ1) is 6.70. The fraction of sp³-hybridized carbons (Fsp3) is 0. The summed E-state index contributed by atoms with van der Waals surface area (Å²) >= 11 is 0. The summed E-state index contributed by atoms with van der Waals surface area (Å²) in [5.74, 6) is -1.39. The Morgan fingerprint density at radius 3 is 2.36 bits per heavy atom. The van der Waals surface area contributed by atoms with E-state index in [2.05, 4.69) is 0 Å². The van der Waals surface area contributed by atoms with Crippen molar-refractivity contribution in [1.82, 2.24) is 0 Å². The maximum atomic E-state index is 12.3. The maximum absolute atomic E-state index is 12.3. The van der Waals surface area contributed by atoms with Crippen LogP contribution in [0.15, 0.2) is 48.3 Å². The Morgan fingerprint density at radius 2 is 1.79 bits per heavy atom. The van der Waals surface area contributed by atoms with E-state index in [9.17, 15) is 13.6 Å². The number of hydrogen-bond donors (Lipinski definition) is 0. The predicted molar refractivity (Wildman–Crippen MR) is 50.8 cm³/mol. The zero-order valence-corrected chi connectivity index (χ0v) is 7.28. The summed E-state index contributed by atoms with van der Waals surface area (Å²) in [6.45, 7) is 0. The van der Waals surface area contributed by atoms with E-state index in [-0.39, 0.29) is 0 Å². The van der Waals surface area contributed by atoms with Gasteiger partial charge in [-0.1, -0.05) is 42.5 Å². The first-order valence-electron chi connectivity index (χ1n) is 3.99. The van der Waals surface area contributed by atoms with E-state index >= 15 is 0 Å². The minimum absolute atomic E-state index is 0.787. The lowest BCUT2D eigenvalue weighted by Crippen LogP contribution is -1.85. The predicted octanol–water partition coefficient (Wildman–Crippen LogP) is 3.05. The van der Waals surface area contributed by atoms with Gasteiger partial charge in [0, 0.05) is 0 Å². The van der Waals surface area contributed by atoms with E-state index in [1.807, 2.05) is 18.2 Å². The highest BCUT2D eigenvalue weighted by Gasteiger charge is 2.02. The zero-order valence-electron chi connectivity index (χ0n) is 7.28. The SMILES string of the molecule is O=C(F)/C(F)=C\C=C\c1ccccc1. The molecule has 0 unspecified atom stereocenters. The van der Waals surface area contributed by atoms with E-state index in [1.165, 1.54) is 6.08 Å². The molecule has 0 saturated heterocycles. The van der Waals surface area contributed by atoms with Crippen LogP contribution < -0.4 is 0 Å². The van der Waals surface area contributed by atoms with Gasteiger partial charge in [-0.15, -0.1) is 0 Å². The molecular weight excluding hydrogens is 186 g/mol. The van der Waals surface area contributed by atoms with Gasteiger partial charge in [0.05, 0.1) is 0 Å². The molecule has 0 fully saturated rings. The maximum Gasteiger partial charge on any atom is 0.360 e. The number of rotatable bonds is 3. The Morgan fingerprint density at radius 1 is 1.14 bits per heavy atom. The fourth-order valence-electron chi connectivity index (χ4n) is 0.873. The first kappa shape index (κ1) is 10.3. The van der Waals surface area contributed by atoms with Gasteiger partial charge in [0.1, 0.15) is 0 Å². The lowest BCUT2D eigenvalue weighted by atomic mass is 10.2. The van der Waals surface area contributed by atoms with Crippen molar-refractivity contribution >= 4 is 12.1 Å². The van der Waals surface area contributed by atoms with Crippen LogP contribution >= 0.6 is 0 Å². The van der Waals surface area contributed by atoms with Crippen molar-refractivity contribution in [1.29, 1.82) is 0 Å². The van der Waals surface area contributed by atoms with Gasteiger partial charge in [0.2, 0.25) is 0 Å². The molecule has 0 spiro atoms. The molecule has 72 valence electrons. The smallest absolute Gasteiger partial charge is 0.253 e. The summed E-state index contributed by atoms with van der Waals surface area (Å²) in [6, 6.07) is 7.04. The number of carbonyl (C=O) groups is 1. The molecule has 3 heteroatoms. The summed E-state index contributed by atoms with van der Waals surface area (Å²) < 4.78 is 24.0. The van der Waals surface area contributed by atoms with Crippen LogP contribution in [0.3, 0.4) is 0 Å². The number of carbonyl (C=O) groups excluding carboxylic acids is 1. The van der Waals surface area contributed by atoms with Crippen molar-refractivity contribution in [2.75, 3.05) is 0 Å². The molecule has 0 aliphatic rings. The summed E-state index contributed by atoms with van der Waals surface area (Å²) in [7, 11) is 0. The highest BCUT2D eigenvalue weighted by molar-refractivity contribution is 5.85. The van der Waals surface area contributed by atoms with Gasteiger partial charge in [0.15, 0.2) is 5.83 Å². The van der Waals surface area contributed by atoms with Crippen molar-refractivity contribution in [2.45, 2.75) is 0 Å². The molecule has 0 aliphatic heterocycles. The van der Waals surface area contributed by atoms with Crippen molar-refractivity contribution < 1.29 is 13.6 Å². The number of benzene rings is 1. The average Bonchev–Trinajstić information content (AvgIpc) is 2.19. The Labute approximate surface area is 80.4 Å². The molecule has 0 bridgehead atoms. The number of allylic oxidation sites excluding steroid dienone is 3.